The lowest BCUT2D eigenvalue weighted by atomic mass is 9.84. The van der Waals surface area contributed by atoms with E-state index in [2.05, 4.69) is 11.8 Å². The Morgan fingerprint density at radius 2 is 2.20 bits per heavy atom. The first-order valence-electron chi connectivity index (χ1n) is 6.22. The number of hydrogen-bond acceptors (Lipinski definition) is 3. The first-order valence-corrected chi connectivity index (χ1v) is 6.22. The summed E-state index contributed by atoms with van der Waals surface area (Å²) in [7, 11) is 0. The molecule has 0 aliphatic carbocycles. The van der Waals surface area contributed by atoms with Crippen molar-refractivity contribution in [3.05, 3.63) is 0 Å². The number of aliphatic hydroxyl groups excluding tert-OH is 1. The summed E-state index contributed by atoms with van der Waals surface area (Å²) < 4.78 is 5.25. The molecule has 2 heterocycles. The second-order valence-corrected chi connectivity index (χ2v) is 5.18. The smallest absolute Gasteiger partial charge is 0.0579 e. The Kier molecular flexibility index (Phi) is 3.65. The number of nitrogens with zero attached hydrogens (tertiary/aromatic N) is 1. The van der Waals surface area contributed by atoms with E-state index in [0.717, 1.165) is 25.8 Å². The van der Waals surface area contributed by atoms with Crippen LogP contribution in [0.3, 0.4) is 0 Å². The summed E-state index contributed by atoms with van der Waals surface area (Å²) in [5, 5.41) is 9.42. The van der Waals surface area contributed by atoms with E-state index in [-0.39, 0.29) is 12.0 Å². The minimum atomic E-state index is 0.0603. The topological polar surface area (TPSA) is 32.7 Å². The predicted octanol–water partition coefficient (Wildman–Crippen LogP) is 1.26. The molecule has 2 aliphatic heterocycles. The van der Waals surface area contributed by atoms with Crippen LogP contribution < -0.4 is 0 Å². The lowest BCUT2D eigenvalue weighted by Crippen LogP contribution is -2.56. The third-order valence-corrected chi connectivity index (χ3v) is 3.91. The van der Waals surface area contributed by atoms with Gasteiger partial charge in [0.25, 0.3) is 0 Å². The van der Waals surface area contributed by atoms with Gasteiger partial charge in [-0.1, -0.05) is 13.3 Å². The van der Waals surface area contributed by atoms with Gasteiger partial charge in [-0.3, -0.25) is 4.90 Å². The Labute approximate surface area is 92.4 Å². The standard InChI is InChI=1S/C12H23NO2/c1-2-11-5-3-4-6-13(11)7-12(8-14)9-15-10-12/h11,14H,2-10H2,1H3. The lowest BCUT2D eigenvalue weighted by molar-refractivity contribution is -0.153. The molecule has 2 rings (SSSR count). The molecule has 0 aromatic heterocycles. The molecular formula is C12H23NO2. The molecule has 15 heavy (non-hydrogen) atoms. The van der Waals surface area contributed by atoms with E-state index in [0.29, 0.717) is 0 Å². The van der Waals surface area contributed by atoms with E-state index in [1.165, 1.54) is 32.2 Å². The van der Waals surface area contributed by atoms with E-state index in [9.17, 15) is 5.11 Å². The van der Waals surface area contributed by atoms with Gasteiger partial charge in [-0.05, 0) is 25.8 Å². The molecule has 0 saturated carbocycles. The van der Waals surface area contributed by atoms with Crippen molar-refractivity contribution in [2.75, 3.05) is 32.9 Å². The summed E-state index contributed by atoms with van der Waals surface area (Å²) in [4.78, 5) is 2.57. The van der Waals surface area contributed by atoms with Crippen molar-refractivity contribution >= 4 is 0 Å². The van der Waals surface area contributed by atoms with Crippen LogP contribution in [0.1, 0.15) is 32.6 Å². The summed E-state index contributed by atoms with van der Waals surface area (Å²) >= 11 is 0. The SMILES string of the molecule is CCC1CCCCN1CC1(CO)COC1. The minimum absolute atomic E-state index is 0.0603. The second-order valence-electron chi connectivity index (χ2n) is 5.18. The molecule has 1 atom stereocenters. The third kappa shape index (κ3) is 2.35. The molecule has 0 aromatic carbocycles. The third-order valence-electron chi connectivity index (χ3n) is 3.91. The highest BCUT2D eigenvalue weighted by molar-refractivity contribution is 4.90. The van der Waals surface area contributed by atoms with Crippen LogP contribution in [0.5, 0.6) is 0 Å². The van der Waals surface area contributed by atoms with Gasteiger partial charge in [-0.2, -0.15) is 0 Å². The molecule has 1 N–H and O–H groups in total. The molecule has 0 aromatic rings. The molecule has 3 nitrogen and oxygen atoms in total. The Morgan fingerprint density at radius 1 is 1.40 bits per heavy atom. The van der Waals surface area contributed by atoms with Gasteiger partial charge in [-0.15, -0.1) is 0 Å². The molecule has 2 aliphatic rings. The minimum Gasteiger partial charge on any atom is -0.396 e. The average molecular weight is 213 g/mol. The van der Waals surface area contributed by atoms with Gasteiger partial charge >= 0.3 is 0 Å². The fraction of sp³-hybridized carbons (Fsp3) is 1.00. The van der Waals surface area contributed by atoms with Crippen molar-refractivity contribution in [1.82, 2.24) is 4.90 Å². The molecule has 1 unspecified atom stereocenters. The zero-order chi connectivity index (χ0) is 10.7. The molecule has 0 bridgehead atoms. The van der Waals surface area contributed by atoms with Crippen LogP contribution in [0.2, 0.25) is 0 Å². The Hall–Kier alpha value is -0.120. The predicted molar refractivity (Wildman–Crippen MR) is 59.8 cm³/mol. The fourth-order valence-electron chi connectivity index (χ4n) is 2.78. The van der Waals surface area contributed by atoms with Gasteiger partial charge in [0, 0.05) is 12.6 Å². The highest BCUT2D eigenvalue weighted by atomic mass is 16.5. The Bertz CT molecular complexity index is 198. The number of likely N-dealkylation sites (tertiary alicyclic amines) is 1. The van der Waals surface area contributed by atoms with E-state index < -0.39 is 0 Å². The van der Waals surface area contributed by atoms with Crippen LogP contribution in [0, 0.1) is 5.41 Å². The quantitative estimate of drug-likeness (QED) is 0.763. The lowest BCUT2D eigenvalue weighted by Gasteiger charge is -2.46. The average Bonchev–Trinajstić information content (AvgIpc) is 2.24. The van der Waals surface area contributed by atoms with Gasteiger partial charge in [0.2, 0.25) is 0 Å². The number of hydrogen-bond donors (Lipinski definition) is 1. The Balaban J connectivity index is 1.90. The van der Waals surface area contributed by atoms with Crippen molar-refractivity contribution < 1.29 is 9.84 Å². The van der Waals surface area contributed by atoms with Gasteiger partial charge in [0.15, 0.2) is 0 Å². The second kappa shape index (κ2) is 4.81. The molecule has 3 heteroatoms. The van der Waals surface area contributed by atoms with Gasteiger partial charge in [0.05, 0.1) is 25.2 Å². The highest BCUT2D eigenvalue weighted by Crippen LogP contribution is 2.31. The number of aliphatic hydroxyl groups is 1. The molecule has 0 spiro atoms. The van der Waals surface area contributed by atoms with Crippen LogP contribution in [-0.2, 0) is 4.74 Å². The van der Waals surface area contributed by atoms with Crippen LogP contribution in [0.4, 0.5) is 0 Å². The molecule has 88 valence electrons. The molecule has 0 amide bonds. The van der Waals surface area contributed by atoms with Gasteiger partial charge in [-0.25, -0.2) is 0 Å². The summed E-state index contributed by atoms with van der Waals surface area (Å²) in [5.74, 6) is 0. The summed E-state index contributed by atoms with van der Waals surface area (Å²) in [6.45, 7) is 6.28. The summed E-state index contributed by atoms with van der Waals surface area (Å²) in [5.41, 5.74) is 0.0603. The van der Waals surface area contributed by atoms with Gasteiger partial charge in [0.1, 0.15) is 0 Å². The van der Waals surface area contributed by atoms with Crippen LogP contribution in [-0.4, -0.2) is 49.0 Å². The first-order chi connectivity index (χ1) is 7.29. The molecule has 0 radical (unpaired) electrons. The fourth-order valence-corrected chi connectivity index (χ4v) is 2.78. The van der Waals surface area contributed by atoms with E-state index >= 15 is 0 Å². The van der Waals surface area contributed by atoms with Crippen LogP contribution in [0.15, 0.2) is 0 Å². The van der Waals surface area contributed by atoms with Crippen LogP contribution in [0.25, 0.3) is 0 Å². The van der Waals surface area contributed by atoms with Crippen molar-refractivity contribution in [3.63, 3.8) is 0 Å². The number of rotatable bonds is 4. The van der Waals surface area contributed by atoms with Gasteiger partial charge < -0.3 is 9.84 Å². The van der Waals surface area contributed by atoms with Crippen LogP contribution >= 0.6 is 0 Å². The number of ether oxygens (including phenoxy) is 1. The van der Waals surface area contributed by atoms with E-state index in [1.807, 2.05) is 0 Å². The van der Waals surface area contributed by atoms with Crippen molar-refractivity contribution in [2.24, 2.45) is 5.41 Å². The maximum Gasteiger partial charge on any atom is 0.0579 e. The summed E-state index contributed by atoms with van der Waals surface area (Å²) in [6.07, 6.45) is 5.26. The first kappa shape index (κ1) is 11.4. The van der Waals surface area contributed by atoms with Crippen molar-refractivity contribution in [3.8, 4) is 0 Å². The molecule has 2 fully saturated rings. The summed E-state index contributed by atoms with van der Waals surface area (Å²) in [6, 6.07) is 0.739. The zero-order valence-corrected chi connectivity index (χ0v) is 9.74. The van der Waals surface area contributed by atoms with Crippen molar-refractivity contribution in [1.29, 1.82) is 0 Å². The maximum atomic E-state index is 9.42. The molecular weight excluding hydrogens is 190 g/mol. The monoisotopic (exact) mass is 213 g/mol. The van der Waals surface area contributed by atoms with E-state index in [4.69, 9.17) is 4.74 Å². The zero-order valence-electron chi connectivity index (χ0n) is 9.74. The maximum absolute atomic E-state index is 9.42. The van der Waals surface area contributed by atoms with E-state index in [1.54, 1.807) is 0 Å². The Morgan fingerprint density at radius 3 is 2.73 bits per heavy atom. The number of piperidine rings is 1. The normalized spacial score (nSPS) is 31.2. The largest absolute Gasteiger partial charge is 0.396 e. The highest BCUT2D eigenvalue weighted by Gasteiger charge is 2.40. The molecule has 2 saturated heterocycles. The van der Waals surface area contributed by atoms with Crippen molar-refractivity contribution in [2.45, 2.75) is 38.6 Å².